The van der Waals surface area contributed by atoms with Crippen LogP contribution in [0.3, 0.4) is 0 Å². The number of carbonyl (C=O) groups excluding carboxylic acids is 1. The molecule has 3 aromatic rings. The van der Waals surface area contributed by atoms with Gasteiger partial charge in [0.05, 0.1) is 37.1 Å². The molecule has 0 amide bonds. The van der Waals surface area contributed by atoms with E-state index in [0.29, 0.717) is 22.5 Å². The fourth-order valence-electron chi connectivity index (χ4n) is 2.22. The molecule has 0 bridgehead atoms. The van der Waals surface area contributed by atoms with Gasteiger partial charge in [-0.05, 0) is 24.3 Å². The number of nitrogens with zero attached hydrogens (tertiary/aromatic N) is 2. The van der Waals surface area contributed by atoms with E-state index in [9.17, 15) is 9.59 Å². The van der Waals surface area contributed by atoms with Crippen LogP contribution >= 0.6 is 0 Å². The van der Waals surface area contributed by atoms with Gasteiger partial charge in [-0.15, -0.1) is 0 Å². The average molecular weight is 299 g/mol. The van der Waals surface area contributed by atoms with Crippen molar-refractivity contribution in [1.29, 1.82) is 0 Å². The number of imidazole rings is 1. The first-order valence-electron chi connectivity index (χ1n) is 6.47. The van der Waals surface area contributed by atoms with Crippen LogP contribution in [0, 0.1) is 0 Å². The minimum Gasteiger partial charge on any atom is -0.497 e. The molecule has 112 valence electrons. The number of nitrogens with one attached hydrogen (secondary N) is 1. The second-order valence-electron chi connectivity index (χ2n) is 4.54. The van der Waals surface area contributed by atoms with Crippen LogP contribution in [0.1, 0.15) is 10.5 Å². The molecule has 0 unspecified atom stereocenters. The van der Waals surface area contributed by atoms with Gasteiger partial charge in [0.2, 0.25) is 0 Å². The van der Waals surface area contributed by atoms with E-state index < -0.39 is 5.97 Å². The summed E-state index contributed by atoms with van der Waals surface area (Å²) < 4.78 is 11.2. The summed E-state index contributed by atoms with van der Waals surface area (Å²) in [5.74, 6) is 0.127. The molecule has 0 aliphatic heterocycles. The Morgan fingerprint density at radius 2 is 2.05 bits per heavy atom. The lowest BCUT2D eigenvalue weighted by atomic mass is 10.3. The minimum atomic E-state index is -0.525. The summed E-state index contributed by atoms with van der Waals surface area (Å²) in [4.78, 5) is 30.3. The number of aromatic nitrogens is 3. The highest BCUT2D eigenvalue weighted by atomic mass is 16.5. The zero-order chi connectivity index (χ0) is 15.7. The average Bonchev–Trinajstić information content (AvgIpc) is 2.89. The number of pyridine rings is 1. The molecular weight excluding hydrogens is 286 g/mol. The minimum absolute atomic E-state index is 0.181. The van der Waals surface area contributed by atoms with E-state index >= 15 is 0 Å². The molecule has 22 heavy (non-hydrogen) atoms. The van der Waals surface area contributed by atoms with Crippen molar-refractivity contribution in [2.45, 2.75) is 0 Å². The van der Waals surface area contributed by atoms with Gasteiger partial charge in [0.1, 0.15) is 11.4 Å². The Balaban J connectivity index is 2.12. The van der Waals surface area contributed by atoms with Crippen LogP contribution in [-0.2, 0) is 4.74 Å². The lowest BCUT2D eigenvalue weighted by molar-refractivity contribution is 0.0594. The lowest BCUT2D eigenvalue weighted by Gasteiger charge is -2.05. The molecular formula is C15H13N3O4. The zero-order valence-electron chi connectivity index (χ0n) is 12.0. The van der Waals surface area contributed by atoms with Crippen LogP contribution in [0.4, 0.5) is 0 Å². The van der Waals surface area contributed by atoms with Crippen molar-refractivity contribution in [3.8, 4) is 11.4 Å². The van der Waals surface area contributed by atoms with Gasteiger partial charge in [-0.2, -0.15) is 0 Å². The summed E-state index contributed by atoms with van der Waals surface area (Å²) in [7, 11) is 2.85. The number of methoxy groups -OCH3 is 2. The molecule has 0 spiro atoms. The number of ether oxygens (including phenoxy) is 2. The van der Waals surface area contributed by atoms with E-state index in [4.69, 9.17) is 4.74 Å². The van der Waals surface area contributed by atoms with Crippen LogP contribution in [-0.4, -0.2) is 34.7 Å². The largest absolute Gasteiger partial charge is 0.497 e. The van der Waals surface area contributed by atoms with Gasteiger partial charge in [0, 0.05) is 6.07 Å². The summed E-state index contributed by atoms with van der Waals surface area (Å²) in [5.41, 5.74) is 1.78. The van der Waals surface area contributed by atoms with Gasteiger partial charge in [-0.25, -0.2) is 14.6 Å². The fourth-order valence-corrected chi connectivity index (χ4v) is 2.22. The molecule has 0 atom stereocenters. The highest BCUT2D eigenvalue weighted by Crippen LogP contribution is 2.20. The number of carbonyl (C=O) groups is 1. The molecule has 3 rings (SSSR count). The SMILES string of the molecule is COC(=O)c1ccc(-n2c(=O)[nH]c3cc(OC)ccc32)cn1. The topological polar surface area (TPSA) is 86.2 Å². The number of esters is 1. The number of hydrogen-bond donors (Lipinski definition) is 1. The van der Waals surface area contributed by atoms with Crippen LogP contribution in [0.25, 0.3) is 16.7 Å². The molecule has 0 saturated carbocycles. The van der Waals surface area contributed by atoms with Crippen LogP contribution in [0.2, 0.25) is 0 Å². The number of H-pyrrole nitrogens is 1. The maximum atomic E-state index is 12.2. The van der Waals surface area contributed by atoms with Crippen molar-refractivity contribution in [2.24, 2.45) is 0 Å². The summed E-state index contributed by atoms with van der Waals surface area (Å²) in [6.45, 7) is 0. The smallest absolute Gasteiger partial charge is 0.356 e. The standard InChI is InChI=1S/C15H13N3O4/c1-21-10-4-6-13-12(7-10)17-15(20)18(13)9-3-5-11(16-8-9)14(19)22-2/h3-8H,1-2H3,(H,17,20). The first-order valence-corrected chi connectivity index (χ1v) is 6.47. The third-order valence-electron chi connectivity index (χ3n) is 3.29. The Bertz CT molecular complexity index is 893. The van der Waals surface area contributed by atoms with Crippen molar-refractivity contribution in [3.63, 3.8) is 0 Å². The Morgan fingerprint density at radius 3 is 2.68 bits per heavy atom. The second kappa shape index (κ2) is 5.36. The van der Waals surface area contributed by atoms with Crippen molar-refractivity contribution in [3.05, 3.63) is 52.7 Å². The van der Waals surface area contributed by atoms with E-state index in [1.54, 1.807) is 31.4 Å². The maximum absolute atomic E-state index is 12.2. The summed E-state index contributed by atoms with van der Waals surface area (Å²) in [6, 6.07) is 8.43. The van der Waals surface area contributed by atoms with E-state index in [1.807, 2.05) is 0 Å². The van der Waals surface area contributed by atoms with Crippen molar-refractivity contribution >= 4 is 17.0 Å². The Morgan fingerprint density at radius 1 is 1.23 bits per heavy atom. The Labute approximate surface area is 125 Å². The van der Waals surface area contributed by atoms with Crippen LogP contribution in [0.5, 0.6) is 5.75 Å². The maximum Gasteiger partial charge on any atom is 0.356 e. The van der Waals surface area contributed by atoms with Crippen LogP contribution in [0.15, 0.2) is 41.3 Å². The van der Waals surface area contributed by atoms with E-state index in [1.165, 1.54) is 23.9 Å². The fraction of sp³-hybridized carbons (Fsp3) is 0.133. The molecule has 0 aliphatic rings. The number of fused-ring (bicyclic) bond motifs is 1. The van der Waals surface area contributed by atoms with Gasteiger partial charge in [0.15, 0.2) is 0 Å². The third kappa shape index (κ3) is 2.22. The zero-order valence-corrected chi connectivity index (χ0v) is 12.0. The molecule has 7 nitrogen and oxygen atoms in total. The molecule has 1 aromatic carbocycles. The second-order valence-corrected chi connectivity index (χ2v) is 4.54. The van der Waals surface area contributed by atoms with Gasteiger partial charge in [-0.3, -0.25) is 4.57 Å². The van der Waals surface area contributed by atoms with Crippen LogP contribution < -0.4 is 10.4 Å². The van der Waals surface area contributed by atoms with E-state index in [2.05, 4.69) is 14.7 Å². The molecule has 7 heteroatoms. The van der Waals surface area contributed by atoms with Crippen molar-refractivity contribution in [2.75, 3.05) is 14.2 Å². The van der Waals surface area contributed by atoms with Crippen molar-refractivity contribution in [1.82, 2.24) is 14.5 Å². The predicted octanol–water partition coefficient (Wildman–Crippen LogP) is 1.51. The first-order chi connectivity index (χ1) is 10.6. The number of rotatable bonds is 3. The highest BCUT2D eigenvalue weighted by Gasteiger charge is 2.12. The molecule has 0 saturated heterocycles. The van der Waals surface area contributed by atoms with Crippen molar-refractivity contribution < 1.29 is 14.3 Å². The number of aromatic amines is 1. The molecule has 2 heterocycles. The third-order valence-corrected chi connectivity index (χ3v) is 3.29. The Hall–Kier alpha value is -3.09. The molecule has 1 N–H and O–H groups in total. The van der Waals surface area contributed by atoms with Gasteiger partial charge >= 0.3 is 11.7 Å². The summed E-state index contributed by atoms with van der Waals surface area (Å²) in [5, 5.41) is 0. The number of hydrogen-bond acceptors (Lipinski definition) is 5. The molecule has 0 radical (unpaired) electrons. The normalized spacial score (nSPS) is 10.6. The molecule has 2 aromatic heterocycles. The number of benzene rings is 1. The first kappa shape index (κ1) is 13.9. The quantitative estimate of drug-likeness (QED) is 0.741. The monoisotopic (exact) mass is 299 g/mol. The summed E-state index contributed by atoms with van der Waals surface area (Å²) >= 11 is 0. The highest BCUT2D eigenvalue weighted by molar-refractivity contribution is 5.87. The lowest BCUT2D eigenvalue weighted by Crippen LogP contribution is -2.15. The van der Waals surface area contributed by atoms with Gasteiger partial charge < -0.3 is 14.5 Å². The predicted molar refractivity (Wildman–Crippen MR) is 79.6 cm³/mol. The summed E-state index contributed by atoms with van der Waals surface area (Å²) in [6.07, 6.45) is 1.45. The van der Waals surface area contributed by atoms with E-state index in [0.717, 1.165) is 0 Å². The van der Waals surface area contributed by atoms with E-state index in [-0.39, 0.29) is 11.4 Å². The Kier molecular flexibility index (Phi) is 3.38. The molecule has 0 fully saturated rings. The molecule has 0 aliphatic carbocycles. The van der Waals surface area contributed by atoms with Gasteiger partial charge in [-0.1, -0.05) is 0 Å². The van der Waals surface area contributed by atoms with Gasteiger partial charge in [0.25, 0.3) is 0 Å².